The van der Waals surface area contributed by atoms with Crippen LogP contribution in [0.25, 0.3) is 0 Å². The summed E-state index contributed by atoms with van der Waals surface area (Å²) in [4.78, 5) is 0. The maximum atomic E-state index is 9.96. The fourth-order valence-electron chi connectivity index (χ4n) is 2.18. The Kier molecular flexibility index (Phi) is 2.35. The van der Waals surface area contributed by atoms with E-state index >= 15 is 0 Å². The van der Waals surface area contributed by atoms with Crippen molar-refractivity contribution >= 4 is 0 Å². The molecule has 3 nitrogen and oxygen atoms in total. The molecule has 2 rings (SSSR count). The second-order valence-electron chi connectivity index (χ2n) is 4.33. The number of aliphatic hydroxyl groups is 1. The molecule has 0 bridgehead atoms. The molecule has 0 unspecified atom stereocenters. The molecule has 3 heteroatoms. The van der Waals surface area contributed by atoms with Crippen molar-refractivity contribution in [3.05, 3.63) is 23.3 Å². The molecule has 0 heterocycles. The second kappa shape index (κ2) is 3.42. The van der Waals surface area contributed by atoms with Crippen molar-refractivity contribution in [1.82, 2.24) is 0 Å². The average molecular weight is 208 g/mol. The Morgan fingerprint density at radius 2 is 1.47 bits per heavy atom. The molecule has 82 valence electrons. The highest BCUT2D eigenvalue weighted by Crippen LogP contribution is 2.37. The third kappa shape index (κ3) is 1.79. The largest absolute Gasteiger partial charge is 0.493 e. The van der Waals surface area contributed by atoms with E-state index in [1.807, 2.05) is 19.1 Å². The number of benzene rings is 1. The third-order valence-corrected chi connectivity index (χ3v) is 2.85. The van der Waals surface area contributed by atoms with Crippen molar-refractivity contribution in [1.29, 1.82) is 0 Å². The number of methoxy groups -OCH3 is 2. The highest BCUT2D eigenvalue weighted by molar-refractivity contribution is 5.50. The van der Waals surface area contributed by atoms with Gasteiger partial charge in [0, 0.05) is 12.8 Å². The zero-order chi connectivity index (χ0) is 11.1. The van der Waals surface area contributed by atoms with E-state index in [-0.39, 0.29) is 0 Å². The van der Waals surface area contributed by atoms with Crippen LogP contribution in [-0.2, 0) is 12.8 Å². The molecule has 1 aliphatic carbocycles. The molecule has 0 saturated carbocycles. The van der Waals surface area contributed by atoms with Gasteiger partial charge in [0.25, 0.3) is 0 Å². The molecule has 1 aromatic rings. The fourth-order valence-corrected chi connectivity index (χ4v) is 2.18. The molecule has 0 atom stereocenters. The van der Waals surface area contributed by atoms with Gasteiger partial charge >= 0.3 is 0 Å². The van der Waals surface area contributed by atoms with Gasteiger partial charge in [-0.15, -0.1) is 0 Å². The zero-order valence-corrected chi connectivity index (χ0v) is 9.33. The predicted octanol–water partition coefficient (Wildman–Crippen LogP) is 1.55. The lowest BCUT2D eigenvalue weighted by molar-refractivity contribution is 0.0718. The van der Waals surface area contributed by atoms with E-state index in [1.165, 1.54) is 0 Å². The van der Waals surface area contributed by atoms with Gasteiger partial charge in [-0.2, -0.15) is 0 Å². The number of rotatable bonds is 2. The van der Waals surface area contributed by atoms with Gasteiger partial charge in [-0.05, 0) is 30.2 Å². The van der Waals surface area contributed by atoms with Gasteiger partial charge in [-0.3, -0.25) is 0 Å². The Labute approximate surface area is 89.6 Å². The Hall–Kier alpha value is -1.22. The first-order valence-electron chi connectivity index (χ1n) is 5.02. The molecule has 1 N–H and O–H groups in total. The lowest BCUT2D eigenvalue weighted by Gasteiger charge is -2.13. The summed E-state index contributed by atoms with van der Waals surface area (Å²) >= 11 is 0. The first-order chi connectivity index (χ1) is 7.05. The Balaban J connectivity index is 2.44. The van der Waals surface area contributed by atoms with Crippen molar-refractivity contribution in [2.75, 3.05) is 14.2 Å². The van der Waals surface area contributed by atoms with Gasteiger partial charge in [-0.1, -0.05) is 0 Å². The van der Waals surface area contributed by atoms with E-state index in [0.717, 1.165) is 22.6 Å². The lowest BCUT2D eigenvalue weighted by atomic mass is 10.0. The summed E-state index contributed by atoms with van der Waals surface area (Å²) in [5.41, 5.74) is 1.68. The topological polar surface area (TPSA) is 38.7 Å². The first-order valence-corrected chi connectivity index (χ1v) is 5.02. The molecule has 0 aromatic heterocycles. The smallest absolute Gasteiger partial charge is 0.161 e. The van der Waals surface area contributed by atoms with Crippen LogP contribution in [0.4, 0.5) is 0 Å². The van der Waals surface area contributed by atoms with E-state index in [9.17, 15) is 5.11 Å². The van der Waals surface area contributed by atoms with Crippen molar-refractivity contribution < 1.29 is 14.6 Å². The maximum absolute atomic E-state index is 9.96. The number of hydrogen-bond donors (Lipinski definition) is 1. The van der Waals surface area contributed by atoms with Gasteiger partial charge in [-0.25, -0.2) is 0 Å². The van der Waals surface area contributed by atoms with Crippen LogP contribution in [0.1, 0.15) is 18.1 Å². The van der Waals surface area contributed by atoms with Gasteiger partial charge < -0.3 is 14.6 Å². The number of hydrogen-bond acceptors (Lipinski definition) is 3. The SMILES string of the molecule is COc1cc2c(cc1OC)CC(C)(O)C2. The molecule has 0 spiro atoms. The van der Waals surface area contributed by atoms with Crippen LogP contribution in [0.3, 0.4) is 0 Å². The van der Waals surface area contributed by atoms with Crippen LogP contribution in [0.5, 0.6) is 11.5 Å². The van der Waals surface area contributed by atoms with Crippen LogP contribution in [-0.4, -0.2) is 24.9 Å². The summed E-state index contributed by atoms with van der Waals surface area (Å²) in [6.45, 7) is 1.85. The Morgan fingerprint density at radius 3 is 1.80 bits per heavy atom. The molecular formula is C12H16O3. The van der Waals surface area contributed by atoms with Crippen LogP contribution in [0.15, 0.2) is 12.1 Å². The Morgan fingerprint density at radius 1 is 1.07 bits per heavy atom. The summed E-state index contributed by atoms with van der Waals surface area (Å²) in [5.74, 6) is 1.46. The minimum Gasteiger partial charge on any atom is -0.493 e. The van der Waals surface area contributed by atoms with Crippen molar-refractivity contribution in [3.63, 3.8) is 0 Å². The minimum atomic E-state index is -0.625. The van der Waals surface area contributed by atoms with Crippen LogP contribution >= 0.6 is 0 Å². The number of ether oxygens (including phenoxy) is 2. The predicted molar refractivity (Wildman–Crippen MR) is 57.6 cm³/mol. The summed E-state index contributed by atoms with van der Waals surface area (Å²) in [5, 5.41) is 9.96. The quantitative estimate of drug-likeness (QED) is 0.801. The lowest BCUT2D eigenvalue weighted by Crippen LogP contribution is -2.23. The molecule has 0 saturated heterocycles. The van der Waals surface area contributed by atoms with Crippen LogP contribution in [0, 0.1) is 0 Å². The standard InChI is InChI=1S/C12H16O3/c1-12(13)6-8-4-10(14-2)11(15-3)5-9(8)7-12/h4-5,13H,6-7H2,1-3H3. The molecule has 1 aromatic carbocycles. The molecule has 0 aliphatic heterocycles. The van der Waals surface area contributed by atoms with E-state index in [2.05, 4.69) is 0 Å². The summed E-state index contributed by atoms with van der Waals surface area (Å²) in [6, 6.07) is 3.91. The van der Waals surface area contributed by atoms with E-state index in [1.54, 1.807) is 14.2 Å². The normalized spacial score (nSPS) is 17.3. The van der Waals surface area contributed by atoms with Crippen LogP contribution < -0.4 is 9.47 Å². The van der Waals surface area contributed by atoms with Gasteiger partial charge in [0.1, 0.15) is 0 Å². The van der Waals surface area contributed by atoms with Crippen LogP contribution in [0.2, 0.25) is 0 Å². The van der Waals surface area contributed by atoms with Crippen molar-refractivity contribution in [3.8, 4) is 11.5 Å². The average Bonchev–Trinajstić information content (AvgIpc) is 2.48. The fraction of sp³-hybridized carbons (Fsp3) is 0.500. The zero-order valence-electron chi connectivity index (χ0n) is 9.33. The minimum absolute atomic E-state index is 0.625. The molecule has 0 fully saturated rings. The van der Waals surface area contributed by atoms with E-state index in [0.29, 0.717) is 12.8 Å². The van der Waals surface area contributed by atoms with Gasteiger partial charge in [0.15, 0.2) is 11.5 Å². The molecule has 0 amide bonds. The monoisotopic (exact) mass is 208 g/mol. The molecular weight excluding hydrogens is 192 g/mol. The Bertz CT molecular complexity index is 348. The van der Waals surface area contributed by atoms with E-state index < -0.39 is 5.60 Å². The number of fused-ring (bicyclic) bond motifs is 1. The second-order valence-corrected chi connectivity index (χ2v) is 4.33. The summed E-state index contributed by atoms with van der Waals surface area (Å²) in [7, 11) is 3.24. The summed E-state index contributed by atoms with van der Waals surface area (Å²) in [6.07, 6.45) is 1.37. The van der Waals surface area contributed by atoms with E-state index in [4.69, 9.17) is 9.47 Å². The van der Waals surface area contributed by atoms with Gasteiger partial charge in [0.2, 0.25) is 0 Å². The molecule has 15 heavy (non-hydrogen) atoms. The van der Waals surface area contributed by atoms with Crippen molar-refractivity contribution in [2.24, 2.45) is 0 Å². The maximum Gasteiger partial charge on any atom is 0.161 e. The molecule has 0 radical (unpaired) electrons. The van der Waals surface area contributed by atoms with Gasteiger partial charge in [0.05, 0.1) is 19.8 Å². The highest BCUT2D eigenvalue weighted by atomic mass is 16.5. The highest BCUT2D eigenvalue weighted by Gasteiger charge is 2.31. The third-order valence-electron chi connectivity index (χ3n) is 2.85. The molecule has 1 aliphatic rings. The first kappa shape index (κ1) is 10.3. The van der Waals surface area contributed by atoms with Crippen molar-refractivity contribution in [2.45, 2.75) is 25.4 Å². The summed E-state index contributed by atoms with van der Waals surface area (Å²) < 4.78 is 10.4.